The molecule has 4 heteroatoms. The number of hydrogen-bond donors (Lipinski definition) is 1. The molecule has 0 spiro atoms. The number of anilines is 1. The molecule has 0 aliphatic heterocycles. The Hall–Kier alpha value is -1.84. The van der Waals surface area contributed by atoms with Crippen molar-refractivity contribution in [2.75, 3.05) is 11.9 Å². The van der Waals surface area contributed by atoms with Crippen LogP contribution in [0.5, 0.6) is 0 Å². The largest absolute Gasteiger partial charge is 0.385 e. The molecule has 84 valence electrons. The minimum absolute atomic E-state index is 0.200. The van der Waals surface area contributed by atoms with E-state index >= 15 is 0 Å². The molecule has 1 heterocycles. The zero-order valence-corrected chi connectivity index (χ0v) is 9.53. The van der Waals surface area contributed by atoms with E-state index in [9.17, 15) is 4.79 Å². The first kappa shape index (κ1) is 10.7. The van der Waals surface area contributed by atoms with Crippen molar-refractivity contribution in [3.05, 3.63) is 24.5 Å². The van der Waals surface area contributed by atoms with Gasteiger partial charge in [-0.25, -0.2) is 4.98 Å². The number of nitrogens with zero attached hydrogens (tertiary/aromatic N) is 2. The minimum atomic E-state index is 0.200. The van der Waals surface area contributed by atoms with Crippen LogP contribution in [0.25, 0.3) is 11.0 Å². The lowest BCUT2D eigenvalue weighted by Crippen LogP contribution is -2.05. The number of imidazole rings is 1. The normalized spacial score (nSPS) is 10.6. The number of fused-ring (bicyclic) bond motifs is 1. The van der Waals surface area contributed by atoms with E-state index in [1.807, 2.05) is 29.8 Å². The van der Waals surface area contributed by atoms with Crippen LogP contribution in [0.2, 0.25) is 0 Å². The molecule has 0 bridgehead atoms. The number of carbonyl (C=O) groups is 1. The number of rotatable bonds is 4. The third-order valence-corrected chi connectivity index (χ3v) is 2.53. The van der Waals surface area contributed by atoms with Gasteiger partial charge < -0.3 is 9.88 Å². The van der Waals surface area contributed by atoms with Crippen LogP contribution in [0.1, 0.15) is 13.3 Å². The van der Waals surface area contributed by atoms with Gasteiger partial charge in [-0.05, 0) is 25.1 Å². The Morgan fingerprint density at radius 3 is 3.06 bits per heavy atom. The van der Waals surface area contributed by atoms with E-state index in [1.165, 1.54) is 0 Å². The molecule has 0 aliphatic carbocycles. The SMILES string of the molecule is CC(=O)CCNc1ccc2c(c1)ncn2C. The summed E-state index contributed by atoms with van der Waals surface area (Å²) in [5.74, 6) is 0.200. The second-order valence-corrected chi connectivity index (χ2v) is 3.94. The minimum Gasteiger partial charge on any atom is -0.385 e. The average molecular weight is 217 g/mol. The van der Waals surface area contributed by atoms with Crippen molar-refractivity contribution in [2.45, 2.75) is 13.3 Å². The summed E-state index contributed by atoms with van der Waals surface area (Å²) >= 11 is 0. The van der Waals surface area contributed by atoms with Crippen LogP contribution >= 0.6 is 0 Å². The summed E-state index contributed by atoms with van der Waals surface area (Å²) in [7, 11) is 1.97. The molecule has 16 heavy (non-hydrogen) atoms. The zero-order chi connectivity index (χ0) is 11.5. The van der Waals surface area contributed by atoms with Crippen LogP contribution in [0.15, 0.2) is 24.5 Å². The topological polar surface area (TPSA) is 46.9 Å². The predicted molar refractivity (Wildman–Crippen MR) is 64.5 cm³/mol. The third-order valence-electron chi connectivity index (χ3n) is 2.53. The molecule has 4 nitrogen and oxygen atoms in total. The van der Waals surface area contributed by atoms with E-state index in [0.717, 1.165) is 16.7 Å². The van der Waals surface area contributed by atoms with Crippen LogP contribution in [0.3, 0.4) is 0 Å². The van der Waals surface area contributed by atoms with E-state index in [0.29, 0.717) is 13.0 Å². The van der Waals surface area contributed by atoms with Crippen molar-refractivity contribution in [1.82, 2.24) is 9.55 Å². The Labute approximate surface area is 94.3 Å². The smallest absolute Gasteiger partial charge is 0.131 e. The number of benzene rings is 1. The van der Waals surface area contributed by atoms with E-state index in [2.05, 4.69) is 10.3 Å². The molecular weight excluding hydrogens is 202 g/mol. The van der Waals surface area contributed by atoms with Gasteiger partial charge in [-0.2, -0.15) is 0 Å². The number of aryl methyl sites for hydroxylation is 1. The van der Waals surface area contributed by atoms with Crippen molar-refractivity contribution < 1.29 is 4.79 Å². The quantitative estimate of drug-likeness (QED) is 0.851. The maximum atomic E-state index is 10.8. The lowest BCUT2D eigenvalue weighted by atomic mass is 10.2. The third kappa shape index (κ3) is 2.21. The van der Waals surface area contributed by atoms with Crippen LogP contribution in [0.4, 0.5) is 5.69 Å². The van der Waals surface area contributed by atoms with Gasteiger partial charge in [0.15, 0.2) is 0 Å². The first-order chi connectivity index (χ1) is 7.66. The Bertz CT molecular complexity index is 516. The average Bonchev–Trinajstić information content (AvgIpc) is 2.60. The first-order valence-corrected chi connectivity index (χ1v) is 5.31. The maximum Gasteiger partial charge on any atom is 0.131 e. The molecule has 0 radical (unpaired) electrons. The van der Waals surface area contributed by atoms with Crippen LogP contribution < -0.4 is 5.32 Å². The molecule has 1 N–H and O–H groups in total. The number of nitrogens with one attached hydrogen (secondary N) is 1. The van der Waals surface area contributed by atoms with Crippen molar-refractivity contribution in [3.63, 3.8) is 0 Å². The van der Waals surface area contributed by atoms with Gasteiger partial charge in [0.05, 0.1) is 17.4 Å². The van der Waals surface area contributed by atoms with Gasteiger partial charge in [-0.15, -0.1) is 0 Å². The number of aromatic nitrogens is 2. The van der Waals surface area contributed by atoms with Crippen LogP contribution in [-0.2, 0) is 11.8 Å². The standard InChI is InChI=1S/C12H15N3O/c1-9(16)5-6-13-10-3-4-12-11(7-10)14-8-15(12)2/h3-4,7-8,13H,5-6H2,1-2H3. The van der Waals surface area contributed by atoms with Crippen LogP contribution in [-0.4, -0.2) is 21.9 Å². The highest BCUT2D eigenvalue weighted by Crippen LogP contribution is 2.17. The highest BCUT2D eigenvalue weighted by Gasteiger charge is 2.00. The summed E-state index contributed by atoms with van der Waals surface area (Å²) in [6.07, 6.45) is 2.35. The molecular formula is C12H15N3O. The lowest BCUT2D eigenvalue weighted by molar-refractivity contribution is -0.116. The van der Waals surface area contributed by atoms with Crippen molar-refractivity contribution >= 4 is 22.5 Å². The Kier molecular flexibility index (Phi) is 2.90. The van der Waals surface area contributed by atoms with E-state index in [4.69, 9.17) is 0 Å². The number of Topliss-reactive ketones (excluding diaryl/α,β-unsaturated/α-hetero) is 1. The maximum absolute atomic E-state index is 10.8. The fraction of sp³-hybridized carbons (Fsp3) is 0.333. The van der Waals surface area contributed by atoms with Crippen molar-refractivity contribution in [3.8, 4) is 0 Å². The molecule has 0 saturated carbocycles. The van der Waals surface area contributed by atoms with E-state index in [1.54, 1.807) is 13.3 Å². The van der Waals surface area contributed by atoms with Gasteiger partial charge in [0, 0.05) is 25.7 Å². The Morgan fingerprint density at radius 2 is 2.31 bits per heavy atom. The summed E-state index contributed by atoms with van der Waals surface area (Å²) in [4.78, 5) is 15.1. The Morgan fingerprint density at radius 1 is 1.50 bits per heavy atom. The fourth-order valence-electron chi connectivity index (χ4n) is 1.63. The number of hydrogen-bond acceptors (Lipinski definition) is 3. The second kappa shape index (κ2) is 4.35. The van der Waals surface area contributed by atoms with Gasteiger partial charge in [-0.1, -0.05) is 0 Å². The molecule has 1 aromatic carbocycles. The monoisotopic (exact) mass is 217 g/mol. The molecule has 2 rings (SSSR count). The summed E-state index contributed by atoms with van der Waals surface area (Å²) in [5, 5.41) is 3.21. The van der Waals surface area contributed by atoms with E-state index in [-0.39, 0.29) is 5.78 Å². The van der Waals surface area contributed by atoms with Gasteiger partial charge in [-0.3, -0.25) is 4.79 Å². The molecule has 2 aromatic rings. The predicted octanol–water partition coefficient (Wildman–Crippen LogP) is 1.96. The molecule has 0 fully saturated rings. The summed E-state index contributed by atoms with van der Waals surface area (Å²) in [5.41, 5.74) is 3.08. The van der Waals surface area contributed by atoms with Crippen LogP contribution in [0, 0.1) is 0 Å². The van der Waals surface area contributed by atoms with Gasteiger partial charge in [0.2, 0.25) is 0 Å². The summed E-state index contributed by atoms with van der Waals surface area (Å²) in [6.45, 7) is 2.28. The molecule has 0 aliphatic rings. The highest BCUT2D eigenvalue weighted by molar-refractivity contribution is 5.80. The summed E-state index contributed by atoms with van der Waals surface area (Å²) < 4.78 is 1.98. The van der Waals surface area contributed by atoms with Crippen molar-refractivity contribution in [2.24, 2.45) is 7.05 Å². The van der Waals surface area contributed by atoms with Gasteiger partial charge >= 0.3 is 0 Å². The second-order valence-electron chi connectivity index (χ2n) is 3.94. The Balaban J connectivity index is 2.11. The highest BCUT2D eigenvalue weighted by atomic mass is 16.1. The number of carbonyl (C=O) groups excluding carboxylic acids is 1. The first-order valence-electron chi connectivity index (χ1n) is 5.31. The molecule has 1 aromatic heterocycles. The molecule has 0 amide bonds. The van der Waals surface area contributed by atoms with Gasteiger partial charge in [0.25, 0.3) is 0 Å². The lowest BCUT2D eigenvalue weighted by Gasteiger charge is -2.04. The number of ketones is 1. The molecule has 0 atom stereocenters. The van der Waals surface area contributed by atoms with Crippen molar-refractivity contribution in [1.29, 1.82) is 0 Å². The molecule has 0 unspecified atom stereocenters. The zero-order valence-electron chi connectivity index (χ0n) is 9.53. The molecule has 0 saturated heterocycles. The summed E-state index contributed by atoms with van der Waals surface area (Å²) in [6, 6.07) is 6.03. The van der Waals surface area contributed by atoms with E-state index < -0.39 is 0 Å². The fourth-order valence-corrected chi connectivity index (χ4v) is 1.63. The van der Waals surface area contributed by atoms with Gasteiger partial charge in [0.1, 0.15) is 5.78 Å².